The van der Waals surface area contributed by atoms with E-state index in [4.69, 9.17) is 4.74 Å². The summed E-state index contributed by atoms with van der Waals surface area (Å²) in [5, 5.41) is 2.72. The van der Waals surface area contributed by atoms with Crippen molar-refractivity contribution >= 4 is 11.8 Å². The highest BCUT2D eigenvalue weighted by Gasteiger charge is 2.16. The molecule has 0 bridgehead atoms. The molecule has 0 aromatic heterocycles. The number of ether oxygens (including phenoxy) is 1. The smallest absolute Gasteiger partial charge is 0.244 e. The van der Waals surface area contributed by atoms with Gasteiger partial charge in [0.25, 0.3) is 0 Å². The Morgan fingerprint density at radius 2 is 1.91 bits per heavy atom. The predicted molar refractivity (Wildman–Crippen MR) is 91.6 cm³/mol. The molecular weight excluding hydrogens is 292 g/mol. The third-order valence-electron chi connectivity index (χ3n) is 3.59. The highest BCUT2D eigenvalue weighted by atomic mass is 16.5. The number of carbonyl (C=O) groups excluding carboxylic acids is 2. The number of carbonyl (C=O) groups is 2. The van der Waals surface area contributed by atoms with Crippen LogP contribution in [0.2, 0.25) is 0 Å². The minimum Gasteiger partial charge on any atom is -0.493 e. The van der Waals surface area contributed by atoms with Gasteiger partial charge in [0.2, 0.25) is 11.8 Å². The average Bonchev–Trinajstić information content (AvgIpc) is 2.49. The Bertz CT molecular complexity index is 541. The van der Waals surface area contributed by atoms with Gasteiger partial charge in [0.05, 0.1) is 6.61 Å². The molecule has 2 amide bonds. The molecule has 5 nitrogen and oxygen atoms in total. The fourth-order valence-corrected chi connectivity index (χ4v) is 2.20. The quantitative estimate of drug-likeness (QED) is 0.749. The van der Waals surface area contributed by atoms with Crippen molar-refractivity contribution in [1.29, 1.82) is 0 Å². The third-order valence-corrected chi connectivity index (χ3v) is 3.59. The van der Waals surface area contributed by atoms with Gasteiger partial charge in [0, 0.05) is 20.5 Å². The first-order chi connectivity index (χ1) is 10.8. The summed E-state index contributed by atoms with van der Waals surface area (Å²) in [4.78, 5) is 24.9. The highest BCUT2D eigenvalue weighted by Crippen LogP contribution is 2.19. The van der Waals surface area contributed by atoms with Gasteiger partial charge in [-0.25, -0.2) is 0 Å². The molecule has 23 heavy (non-hydrogen) atoms. The van der Waals surface area contributed by atoms with E-state index in [0.717, 1.165) is 24.2 Å². The monoisotopic (exact) mass is 320 g/mol. The molecule has 0 saturated heterocycles. The lowest BCUT2D eigenvalue weighted by Gasteiger charge is -2.17. The Hall–Kier alpha value is -2.04. The van der Waals surface area contributed by atoms with Gasteiger partial charge in [-0.2, -0.15) is 0 Å². The van der Waals surface area contributed by atoms with E-state index in [2.05, 4.69) is 11.4 Å². The van der Waals surface area contributed by atoms with E-state index in [1.54, 1.807) is 21.0 Å². The predicted octanol–water partition coefficient (Wildman–Crippen LogP) is 2.45. The molecule has 0 radical (unpaired) electrons. The SMILES string of the molecule is Cc1ccc(C)c(OCCCCC(=O)N[C@@H](C)C(=O)N(C)C)c1. The van der Waals surface area contributed by atoms with Crippen LogP contribution in [0.4, 0.5) is 0 Å². The molecule has 0 aliphatic heterocycles. The van der Waals surface area contributed by atoms with E-state index in [1.807, 2.05) is 26.0 Å². The second-order valence-corrected chi connectivity index (χ2v) is 6.10. The highest BCUT2D eigenvalue weighted by molar-refractivity contribution is 5.86. The van der Waals surface area contributed by atoms with Gasteiger partial charge in [0.1, 0.15) is 11.8 Å². The maximum Gasteiger partial charge on any atom is 0.244 e. The second kappa shape index (κ2) is 9.18. The van der Waals surface area contributed by atoms with Crippen LogP contribution in [0.25, 0.3) is 0 Å². The second-order valence-electron chi connectivity index (χ2n) is 6.10. The zero-order valence-corrected chi connectivity index (χ0v) is 14.8. The number of hydrogen-bond donors (Lipinski definition) is 1. The molecule has 1 aromatic rings. The molecule has 0 spiro atoms. The van der Waals surface area contributed by atoms with Crippen molar-refractivity contribution in [2.45, 2.75) is 46.1 Å². The fourth-order valence-electron chi connectivity index (χ4n) is 2.20. The summed E-state index contributed by atoms with van der Waals surface area (Å²) in [6, 6.07) is 5.64. The van der Waals surface area contributed by atoms with Crippen LogP contribution in [0.3, 0.4) is 0 Å². The van der Waals surface area contributed by atoms with Crippen molar-refractivity contribution in [2.75, 3.05) is 20.7 Å². The van der Waals surface area contributed by atoms with Gasteiger partial charge in [0.15, 0.2) is 0 Å². The number of hydrogen-bond acceptors (Lipinski definition) is 3. The van der Waals surface area contributed by atoms with E-state index in [1.165, 1.54) is 10.5 Å². The molecule has 1 atom stereocenters. The Morgan fingerprint density at radius 1 is 1.22 bits per heavy atom. The van der Waals surface area contributed by atoms with Crippen LogP contribution >= 0.6 is 0 Å². The fraction of sp³-hybridized carbons (Fsp3) is 0.556. The molecule has 0 fully saturated rings. The molecule has 128 valence electrons. The number of benzene rings is 1. The van der Waals surface area contributed by atoms with E-state index >= 15 is 0 Å². The Labute approximate surface area is 139 Å². The molecule has 1 rings (SSSR count). The van der Waals surface area contributed by atoms with E-state index in [9.17, 15) is 9.59 Å². The first-order valence-electron chi connectivity index (χ1n) is 8.02. The van der Waals surface area contributed by atoms with Gasteiger partial charge in [-0.1, -0.05) is 12.1 Å². The van der Waals surface area contributed by atoms with Crippen LogP contribution in [-0.4, -0.2) is 43.5 Å². The van der Waals surface area contributed by atoms with Crippen molar-refractivity contribution in [2.24, 2.45) is 0 Å². The summed E-state index contributed by atoms with van der Waals surface area (Å²) in [6.07, 6.45) is 1.94. The minimum absolute atomic E-state index is 0.0977. The number of unbranched alkanes of at least 4 members (excludes halogenated alkanes) is 1. The molecule has 1 N–H and O–H groups in total. The zero-order chi connectivity index (χ0) is 17.4. The number of nitrogens with one attached hydrogen (secondary N) is 1. The van der Waals surface area contributed by atoms with E-state index in [-0.39, 0.29) is 11.8 Å². The van der Waals surface area contributed by atoms with Gasteiger partial charge < -0.3 is 15.0 Å². The number of nitrogens with zero attached hydrogens (tertiary/aromatic N) is 1. The van der Waals surface area contributed by atoms with Crippen LogP contribution in [0.1, 0.15) is 37.3 Å². The summed E-state index contributed by atoms with van der Waals surface area (Å²) in [5.41, 5.74) is 2.29. The minimum atomic E-state index is -0.483. The van der Waals surface area contributed by atoms with Gasteiger partial charge in [-0.15, -0.1) is 0 Å². The van der Waals surface area contributed by atoms with Crippen LogP contribution in [0.15, 0.2) is 18.2 Å². The van der Waals surface area contributed by atoms with Crippen molar-refractivity contribution in [1.82, 2.24) is 10.2 Å². The molecule has 0 unspecified atom stereocenters. The van der Waals surface area contributed by atoms with Crippen molar-refractivity contribution in [3.05, 3.63) is 29.3 Å². The van der Waals surface area contributed by atoms with E-state index < -0.39 is 6.04 Å². The lowest BCUT2D eigenvalue weighted by atomic mass is 10.1. The summed E-state index contributed by atoms with van der Waals surface area (Å²) in [6.45, 7) is 6.34. The first-order valence-corrected chi connectivity index (χ1v) is 8.02. The first kappa shape index (κ1) is 19.0. The number of amides is 2. The number of rotatable bonds is 8. The summed E-state index contributed by atoms with van der Waals surface area (Å²) in [5.74, 6) is 0.704. The topological polar surface area (TPSA) is 58.6 Å². The van der Waals surface area contributed by atoms with Crippen molar-refractivity contribution < 1.29 is 14.3 Å². The molecule has 1 aromatic carbocycles. The maximum atomic E-state index is 11.8. The number of likely N-dealkylation sites (N-methyl/N-ethyl adjacent to an activating group) is 1. The lowest BCUT2D eigenvalue weighted by molar-refractivity contribution is -0.133. The van der Waals surface area contributed by atoms with Crippen molar-refractivity contribution in [3.8, 4) is 5.75 Å². The summed E-state index contributed by atoms with van der Waals surface area (Å²) >= 11 is 0. The van der Waals surface area contributed by atoms with Crippen LogP contribution < -0.4 is 10.1 Å². The lowest BCUT2D eigenvalue weighted by Crippen LogP contribution is -2.44. The Kier molecular flexibility index (Phi) is 7.59. The van der Waals surface area contributed by atoms with Crippen LogP contribution in [-0.2, 0) is 9.59 Å². The normalized spacial score (nSPS) is 11.7. The Morgan fingerprint density at radius 3 is 2.57 bits per heavy atom. The van der Waals surface area contributed by atoms with Crippen molar-refractivity contribution in [3.63, 3.8) is 0 Å². The molecule has 0 aliphatic rings. The van der Waals surface area contributed by atoms with Gasteiger partial charge >= 0.3 is 0 Å². The molecule has 0 saturated carbocycles. The summed E-state index contributed by atoms with van der Waals surface area (Å²) in [7, 11) is 3.35. The van der Waals surface area contributed by atoms with Crippen LogP contribution in [0, 0.1) is 13.8 Å². The Balaban J connectivity index is 2.23. The maximum absolute atomic E-state index is 11.8. The summed E-state index contributed by atoms with van der Waals surface area (Å²) < 4.78 is 5.76. The van der Waals surface area contributed by atoms with Gasteiger partial charge in [-0.05, 0) is 50.8 Å². The third kappa shape index (κ3) is 6.72. The van der Waals surface area contributed by atoms with Gasteiger partial charge in [-0.3, -0.25) is 9.59 Å². The number of aryl methyl sites for hydroxylation is 2. The zero-order valence-electron chi connectivity index (χ0n) is 14.8. The molecule has 0 aliphatic carbocycles. The van der Waals surface area contributed by atoms with Crippen LogP contribution in [0.5, 0.6) is 5.75 Å². The largest absolute Gasteiger partial charge is 0.493 e. The molecule has 0 heterocycles. The standard InChI is InChI=1S/C18H28N2O3/c1-13-9-10-14(2)16(12-13)23-11-7-6-8-17(21)19-15(3)18(22)20(4)5/h9-10,12,15H,6-8,11H2,1-5H3,(H,19,21)/t15-/m0/s1. The van der Waals surface area contributed by atoms with E-state index in [0.29, 0.717) is 13.0 Å². The molecule has 5 heteroatoms. The average molecular weight is 320 g/mol. The molecular formula is C18H28N2O3.